The van der Waals surface area contributed by atoms with Gasteiger partial charge in [0.05, 0.1) is 16.9 Å². The smallest absolute Gasteiger partial charge is 0.239 e. The van der Waals surface area contributed by atoms with Crippen molar-refractivity contribution >= 4 is 29.0 Å². The molecule has 3 N–H and O–H groups in total. The summed E-state index contributed by atoms with van der Waals surface area (Å²) in [6.45, 7) is 3.28. The van der Waals surface area contributed by atoms with Crippen LogP contribution < -0.4 is 11.1 Å². The van der Waals surface area contributed by atoms with E-state index in [1.807, 2.05) is 0 Å². The maximum Gasteiger partial charge on any atom is 0.239 e. The van der Waals surface area contributed by atoms with Crippen molar-refractivity contribution in [1.82, 2.24) is 10.2 Å². The molecule has 5 nitrogen and oxygen atoms in total. The molecular formula is C9H17N3O2S. The van der Waals surface area contributed by atoms with Gasteiger partial charge in [0.2, 0.25) is 11.8 Å². The molecule has 0 atom stereocenters. The minimum atomic E-state index is -0.919. The van der Waals surface area contributed by atoms with Gasteiger partial charge in [0, 0.05) is 14.1 Å². The number of hydrogen-bond acceptors (Lipinski definition) is 3. The highest BCUT2D eigenvalue weighted by Crippen LogP contribution is 2.18. The lowest BCUT2D eigenvalue weighted by Crippen LogP contribution is -2.48. The highest BCUT2D eigenvalue weighted by molar-refractivity contribution is 7.80. The SMILES string of the molecule is CNC(=O)CN(C)C(=O)C(C)(C)C(N)=S. The standard InChI is InChI=1S/C9H17N3O2S/c1-9(2,7(10)15)8(14)12(4)5-6(13)11-3/h5H2,1-4H3,(H2,10,15)(H,11,13). The van der Waals surface area contributed by atoms with E-state index in [2.05, 4.69) is 5.32 Å². The van der Waals surface area contributed by atoms with Gasteiger partial charge in [0.1, 0.15) is 0 Å². The molecule has 15 heavy (non-hydrogen) atoms. The van der Waals surface area contributed by atoms with Crippen LogP contribution in [-0.2, 0) is 9.59 Å². The Morgan fingerprint density at radius 2 is 1.93 bits per heavy atom. The third-order valence-corrected chi connectivity index (χ3v) is 2.67. The fraction of sp³-hybridized carbons (Fsp3) is 0.667. The Hall–Kier alpha value is -1.17. The van der Waals surface area contributed by atoms with E-state index in [0.717, 1.165) is 0 Å². The topological polar surface area (TPSA) is 75.4 Å². The van der Waals surface area contributed by atoms with Crippen LogP contribution in [0.2, 0.25) is 0 Å². The molecule has 0 rings (SSSR count). The van der Waals surface area contributed by atoms with Crippen LogP contribution >= 0.6 is 12.2 Å². The maximum atomic E-state index is 11.8. The van der Waals surface area contributed by atoms with Crippen molar-refractivity contribution in [2.24, 2.45) is 11.1 Å². The van der Waals surface area contributed by atoms with Gasteiger partial charge in [-0.15, -0.1) is 0 Å². The lowest BCUT2D eigenvalue weighted by Gasteiger charge is -2.27. The Labute approximate surface area is 95.0 Å². The first-order valence-corrected chi connectivity index (χ1v) is 4.90. The van der Waals surface area contributed by atoms with Crippen LogP contribution in [0, 0.1) is 5.41 Å². The molecule has 0 aromatic carbocycles. The molecule has 0 radical (unpaired) electrons. The molecule has 0 bridgehead atoms. The van der Waals surface area contributed by atoms with Crippen molar-refractivity contribution in [1.29, 1.82) is 0 Å². The minimum Gasteiger partial charge on any atom is -0.392 e. The predicted molar refractivity (Wildman–Crippen MR) is 62.3 cm³/mol. The average Bonchev–Trinajstić information content (AvgIpc) is 2.15. The fourth-order valence-electron chi connectivity index (χ4n) is 0.949. The Bertz CT molecular complexity index is 289. The van der Waals surface area contributed by atoms with E-state index < -0.39 is 5.41 Å². The van der Waals surface area contributed by atoms with Crippen LogP contribution in [0.3, 0.4) is 0 Å². The van der Waals surface area contributed by atoms with E-state index in [1.165, 1.54) is 19.0 Å². The second kappa shape index (κ2) is 5.06. The maximum absolute atomic E-state index is 11.8. The zero-order valence-corrected chi connectivity index (χ0v) is 10.3. The lowest BCUT2D eigenvalue weighted by molar-refractivity contribution is -0.139. The van der Waals surface area contributed by atoms with Gasteiger partial charge in [0.15, 0.2) is 0 Å². The molecule has 0 aliphatic heterocycles. The molecule has 0 spiro atoms. The van der Waals surface area contributed by atoms with E-state index in [0.29, 0.717) is 0 Å². The summed E-state index contributed by atoms with van der Waals surface area (Å²) in [5.41, 5.74) is 4.54. The Balaban J connectivity index is 4.58. The molecule has 0 saturated heterocycles. The average molecular weight is 231 g/mol. The lowest BCUT2D eigenvalue weighted by atomic mass is 9.92. The molecule has 0 fully saturated rings. The van der Waals surface area contributed by atoms with E-state index in [9.17, 15) is 9.59 Å². The first kappa shape index (κ1) is 13.8. The quantitative estimate of drug-likeness (QED) is 0.640. The molecule has 0 aromatic rings. The molecule has 0 heterocycles. The summed E-state index contributed by atoms with van der Waals surface area (Å²) in [7, 11) is 3.05. The van der Waals surface area contributed by atoms with E-state index in [1.54, 1.807) is 13.8 Å². The summed E-state index contributed by atoms with van der Waals surface area (Å²) in [4.78, 5) is 24.3. The van der Waals surface area contributed by atoms with Crippen molar-refractivity contribution in [2.45, 2.75) is 13.8 Å². The van der Waals surface area contributed by atoms with E-state index >= 15 is 0 Å². The number of amides is 2. The highest BCUT2D eigenvalue weighted by Gasteiger charge is 2.33. The molecule has 86 valence electrons. The zero-order chi connectivity index (χ0) is 12.2. The van der Waals surface area contributed by atoms with Crippen molar-refractivity contribution < 1.29 is 9.59 Å². The van der Waals surface area contributed by atoms with Gasteiger partial charge in [0.25, 0.3) is 0 Å². The van der Waals surface area contributed by atoms with Gasteiger partial charge in [-0.1, -0.05) is 12.2 Å². The molecule has 0 aliphatic rings. The van der Waals surface area contributed by atoms with E-state index in [-0.39, 0.29) is 23.3 Å². The van der Waals surface area contributed by atoms with Gasteiger partial charge in [-0.05, 0) is 13.8 Å². The number of rotatable bonds is 4. The Kier molecular flexibility index (Phi) is 4.67. The minimum absolute atomic E-state index is 0.00137. The largest absolute Gasteiger partial charge is 0.392 e. The number of carbonyl (C=O) groups is 2. The van der Waals surface area contributed by atoms with Crippen molar-refractivity contribution in [3.05, 3.63) is 0 Å². The summed E-state index contributed by atoms with van der Waals surface area (Å²) in [6, 6.07) is 0. The third-order valence-electron chi connectivity index (χ3n) is 2.16. The van der Waals surface area contributed by atoms with Crippen LogP contribution in [0.25, 0.3) is 0 Å². The summed E-state index contributed by atoms with van der Waals surface area (Å²) in [5.74, 6) is -0.497. The molecule has 0 saturated carbocycles. The molecular weight excluding hydrogens is 214 g/mol. The molecule has 6 heteroatoms. The number of nitrogens with two attached hydrogens (primary N) is 1. The predicted octanol–water partition coefficient (Wildman–Crippen LogP) is -0.497. The Morgan fingerprint density at radius 3 is 2.27 bits per heavy atom. The van der Waals surface area contributed by atoms with Crippen molar-refractivity contribution in [3.63, 3.8) is 0 Å². The monoisotopic (exact) mass is 231 g/mol. The van der Waals surface area contributed by atoms with Crippen molar-refractivity contribution in [3.8, 4) is 0 Å². The molecule has 0 aliphatic carbocycles. The van der Waals surface area contributed by atoms with Gasteiger partial charge in [-0.2, -0.15) is 0 Å². The summed E-state index contributed by atoms with van der Waals surface area (Å²) < 4.78 is 0. The summed E-state index contributed by atoms with van der Waals surface area (Å²) in [6.07, 6.45) is 0. The Morgan fingerprint density at radius 1 is 1.47 bits per heavy atom. The third kappa shape index (κ3) is 3.47. The molecule has 0 unspecified atom stereocenters. The van der Waals surface area contributed by atoms with Crippen LogP contribution in [-0.4, -0.2) is 42.3 Å². The second-order valence-corrected chi connectivity index (χ2v) is 4.26. The van der Waals surface area contributed by atoms with Crippen LogP contribution in [0.15, 0.2) is 0 Å². The number of nitrogens with one attached hydrogen (secondary N) is 1. The van der Waals surface area contributed by atoms with Gasteiger partial charge < -0.3 is 16.0 Å². The number of hydrogen-bond donors (Lipinski definition) is 2. The molecule has 0 aromatic heterocycles. The first-order chi connectivity index (χ1) is 6.73. The number of thiocarbonyl (C=S) groups is 1. The summed E-state index contributed by atoms with van der Waals surface area (Å²) >= 11 is 4.80. The number of nitrogens with zero attached hydrogens (tertiary/aromatic N) is 1. The van der Waals surface area contributed by atoms with Gasteiger partial charge in [-0.3, -0.25) is 9.59 Å². The normalized spacial score (nSPS) is 10.7. The number of carbonyl (C=O) groups excluding carboxylic acids is 2. The molecule has 2 amide bonds. The fourth-order valence-corrected chi connectivity index (χ4v) is 1.04. The van der Waals surface area contributed by atoms with Crippen LogP contribution in [0.4, 0.5) is 0 Å². The zero-order valence-electron chi connectivity index (χ0n) is 9.46. The first-order valence-electron chi connectivity index (χ1n) is 4.49. The van der Waals surface area contributed by atoms with Crippen molar-refractivity contribution in [2.75, 3.05) is 20.6 Å². The van der Waals surface area contributed by atoms with Crippen LogP contribution in [0.5, 0.6) is 0 Å². The second-order valence-electron chi connectivity index (χ2n) is 3.82. The van der Waals surface area contributed by atoms with Gasteiger partial charge in [-0.25, -0.2) is 0 Å². The van der Waals surface area contributed by atoms with Gasteiger partial charge >= 0.3 is 0 Å². The van der Waals surface area contributed by atoms with E-state index in [4.69, 9.17) is 18.0 Å². The number of likely N-dealkylation sites (N-methyl/N-ethyl adjacent to an activating group) is 2. The summed E-state index contributed by atoms with van der Waals surface area (Å²) in [5, 5.41) is 2.43. The highest BCUT2D eigenvalue weighted by atomic mass is 32.1. The van der Waals surface area contributed by atoms with Crippen LogP contribution in [0.1, 0.15) is 13.8 Å².